The fraction of sp³-hybridized carbons (Fsp3) is 0.158. The Hall–Kier alpha value is -2.13. The van der Waals surface area contributed by atoms with Gasteiger partial charge in [0.25, 0.3) is 5.91 Å². The maximum Gasteiger partial charge on any atom is 0.274 e. The molecule has 3 rings (SSSR count). The van der Waals surface area contributed by atoms with Crippen LogP contribution < -0.4 is 10.1 Å². The van der Waals surface area contributed by atoms with Crippen LogP contribution in [0.25, 0.3) is 0 Å². The molecule has 1 unspecified atom stereocenters. The average Bonchev–Trinajstić information content (AvgIpc) is 3.07. The van der Waals surface area contributed by atoms with E-state index in [0.717, 1.165) is 17.6 Å². The molecule has 0 spiro atoms. The number of ether oxygens (including phenoxy) is 1. The number of nitrogens with one attached hydrogen (secondary N) is 1. The van der Waals surface area contributed by atoms with Gasteiger partial charge in [-0.15, -0.1) is 0 Å². The summed E-state index contributed by atoms with van der Waals surface area (Å²) in [5.74, 6) is -0.0815. The van der Waals surface area contributed by atoms with Crippen molar-refractivity contribution in [3.8, 4) is 5.75 Å². The highest BCUT2D eigenvalue weighted by molar-refractivity contribution is 7.90. The van der Waals surface area contributed by atoms with Gasteiger partial charge in [-0.05, 0) is 43.3 Å². The molecule has 3 aromatic rings. The number of hydrogen-bond acceptors (Lipinski definition) is 6. The number of thiazole rings is 1. The van der Waals surface area contributed by atoms with Gasteiger partial charge in [-0.3, -0.25) is 10.1 Å². The van der Waals surface area contributed by atoms with E-state index in [1.165, 1.54) is 18.3 Å². The lowest BCUT2D eigenvalue weighted by Gasteiger charge is -2.29. The van der Waals surface area contributed by atoms with E-state index in [2.05, 4.69) is 10.3 Å². The largest absolute Gasteiger partial charge is 0.473 e. The average molecular weight is 471 g/mol. The molecule has 29 heavy (non-hydrogen) atoms. The highest BCUT2D eigenvalue weighted by Gasteiger charge is 2.38. The van der Waals surface area contributed by atoms with Crippen molar-refractivity contribution in [3.63, 3.8) is 0 Å². The van der Waals surface area contributed by atoms with E-state index in [9.17, 15) is 13.2 Å². The first-order chi connectivity index (χ1) is 13.6. The normalized spacial score (nSPS) is 13.5. The van der Waals surface area contributed by atoms with Gasteiger partial charge in [0.1, 0.15) is 10.1 Å². The summed E-state index contributed by atoms with van der Waals surface area (Å²) in [5.41, 5.74) is -1.03. The fourth-order valence-electron chi connectivity index (χ4n) is 2.52. The van der Waals surface area contributed by atoms with Crippen molar-refractivity contribution in [2.75, 3.05) is 11.6 Å². The van der Waals surface area contributed by atoms with Crippen LogP contribution in [0.2, 0.25) is 9.36 Å². The third kappa shape index (κ3) is 5.08. The third-order valence-electron chi connectivity index (χ3n) is 4.10. The number of amides is 1. The molecule has 0 bridgehead atoms. The summed E-state index contributed by atoms with van der Waals surface area (Å²) >= 11 is 12.9. The summed E-state index contributed by atoms with van der Waals surface area (Å²) < 4.78 is 30.0. The standard InChI is InChI=1S/C19H16Cl2N2O4S2/c1-19(27-14-7-5-13(20)6-8-14,17(24)23-18-22-11-16(21)28-18)12-3-9-15(10-4-12)29(2,25)26/h3-11H,1-2H3,(H,22,23,24). The van der Waals surface area contributed by atoms with Gasteiger partial charge < -0.3 is 4.74 Å². The van der Waals surface area contributed by atoms with Crippen LogP contribution in [0.3, 0.4) is 0 Å². The van der Waals surface area contributed by atoms with Crippen LogP contribution in [0, 0.1) is 0 Å². The number of rotatable bonds is 6. The quantitative estimate of drug-likeness (QED) is 0.559. The minimum Gasteiger partial charge on any atom is -0.473 e. The minimum atomic E-state index is -3.37. The minimum absolute atomic E-state index is 0.141. The predicted octanol–water partition coefficient (Wildman–Crippen LogP) is 4.79. The van der Waals surface area contributed by atoms with Crippen LogP contribution in [-0.2, 0) is 20.2 Å². The highest BCUT2D eigenvalue weighted by Crippen LogP contribution is 2.32. The Morgan fingerprint density at radius 1 is 1.10 bits per heavy atom. The zero-order valence-electron chi connectivity index (χ0n) is 15.3. The van der Waals surface area contributed by atoms with E-state index in [1.54, 1.807) is 43.3 Å². The molecule has 0 aliphatic carbocycles. The number of sulfone groups is 1. The maximum atomic E-state index is 13.1. The van der Waals surface area contributed by atoms with Gasteiger partial charge in [-0.1, -0.05) is 46.7 Å². The monoisotopic (exact) mass is 470 g/mol. The molecule has 0 radical (unpaired) electrons. The van der Waals surface area contributed by atoms with Crippen LogP contribution in [0.5, 0.6) is 5.75 Å². The number of benzene rings is 2. The summed E-state index contributed by atoms with van der Waals surface area (Å²) in [7, 11) is -3.37. The second-order valence-electron chi connectivity index (χ2n) is 6.31. The molecule has 1 atom stereocenters. The zero-order valence-corrected chi connectivity index (χ0v) is 18.5. The zero-order chi connectivity index (χ0) is 21.2. The van der Waals surface area contributed by atoms with Crippen molar-refractivity contribution in [2.24, 2.45) is 0 Å². The Morgan fingerprint density at radius 3 is 2.24 bits per heavy atom. The van der Waals surface area contributed by atoms with Gasteiger partial charge >= 0.3 is 0 Å². The van der Waals surface area contributed by atoms with Crippen molar-refractivity contribution in [3.05, 3.63) is 69.7 Å². The molecule has 0 saturated heterocycles. The van der Waals surface area contributed by atoms with Gasteiger partial charge in [0.05, 0.1) is 11.1 Å². The van der Waals surface area contributed by atoms with E-state index < -0.39 is 21.3 Å². The molecule has 1 amide bonds. The number of carbonyl (C=O) groups is 1. The Balaban J connectivity index is 1.99. The van der Waals surface area contributed by atoms with Crippen molar-refractivity contribution in [1.82, 2.24) is 4.98 Å². The molecule has 152 valence electrons. The van der Waals surface area contributed by atoms with Crippen LogP contribution in [0.1, 0.15) is 12.5 Å². The Labute approximate surface area is 182 Å². The molecule has 10 heteroatoms. The van der Waals surface area contributed by atoms with Gasteiger partial charge in [0.2, 0.25) is 5.60 Å². The van der Waals surface area contributed by atoms with Crippen LogP contribution in [-0.4, -0.2) is 25.6 Å². The lowest BCUT2D eigenvalue weighted by Crippen LogP contribution is -2.42. The lowest BCUT2D eigenvalue weighted by molar-refractivity contribution is -0.130. The molecule has 1 N–H and O–H groups in total. The first-order valence-electron chi connectivity index (χ1n) is 8.26. The number of aromatic nitrogens is 1. The number of anilines is 1. The van der Waals surface area contributed by atoms with E-state index in [1.807, 2.05) is 0 Å². The summed E-state index contributed by atoms with van der Waals surface area (Å²) in [6, 6.07) is 12.5. The molecule has 6 nitrogen and oxygen atoms in total. The Morgan fingerprint density at radius 2 is 1.72 bits per heavy atom. The maximum absolute atomic E-state index is 13.1. The highest BCUT2D eigenvalue weighted by atomic mass is 35.5. The first kappa shape index (κ1) is 21.6. The van der Waals surface area contributed by atoms with Crippen molar-refractivity contribution >= 4 is 55.4 Å². The molecular formula is C19H16Cl2N2O4S2. The molecule has 2 aromatic carbocycles. The first-order valence-corrected chi connectivity index (χ1v) is 11.7. The Kier molecular flexibility index (Phi) is 6.19. The second kappa shape index (κ2) is 8.31. The number of halogens is 2. The Bertz CT molecular complexity index is 1130. The van der Waals surface area contributed by atoms with Gasteiger partial charge in [-0.2, -0.15) is 0 Å². The van der Waals surface area contributed by atoms with Crippen LogP contribution in [0.4, 0.5) is 5.13 Å². The summed E-state index contributed by atoms with van der Waals surface area (Å²) in [5, 5.41) is 3.54. The summed E-state index contributed by atoms with van der Waals surface area (Å²) in [4.78, 5) is 17.3. The van der Waals surface area contributed by atoms with E-state index in [0.29, 0.717) is 25.8 Å². The number of hydrogen-bond donors (Lipinski definition) is 1. The van der Waals surface area contributed by atoms with Gasteiger partial charge in [0.15, 0.2) is 15.0 Å². The van der Waals surface area contributed by atoms with Gasteiger partial charge in [-0.25, -0.2) is 13.4 Å². The molecule has 0 aliphatic heterocycles. The van der Waals surface area contributed by atoms with E-state index >= 15 is 0 Å². The fourth-order valence-corrected chi connectivity index (χ4v) is 4.09. The van der Waals surface area contributed by atoms with Crippen LogP contribution >= 0.6 is 34.5 Å². The number of carbonyl (C=O) groups excluding carboxylic acids is 1. The molecule has 1 aromatic heterocycles. The van der Waals surface area contributed by atoms with Crippen molar-refractivity contribution in [1.29, 1.82) is 0 Å². The summed E-state index contributed by atoms with van der Waals surface area (Å²) in [6.45, 7) is 1.58. The SMILES string of the molecule is CC(Oc1ccc(Cl)cc1)(C(=O)Nc1ncc(Cl)s1)c1ccc(S(C)(=O)=O)cc1. The van der Waals surface area contributed by atoms with Crippen molar-refractivity contribution < 1.29 is 17.9 Å². The molecular weight excluding hydrogens is 455 g/mol. The van der Waals surface area contributed by atoms with E-state index in [4.69, 9.17) is 27.9 Å². The molecule has 0 aliphatic rings. The lowest BCUT2D eigenvalue weighted by atomic mass is 9.94. The third-order valence-corrected chi connectivity index (χ3v) is 6.51. The second-order valence-corrected chi connectivity index (χ2v) is 10.4. The van der Waals surface area contributed by atoms with Crippen LogP contribution in [0.15, 0.2) is 59.6 Å². The predicted molar refractivity (Wildman–Crippen MR) is 115 cm³/mol. The van der Waals surface area contributed by atoms with Gasteiger partial charge in [0, 0.05) is 16.8 Å². The molecule has 0 fully saturated rings. The van der Waals surface area contributed by atoms with E-state index in [-0.39, 0.29) is 4.90 Å². The topological polar surface area (TPSA) is 85.4 Å². The molecule has 0 saturated carbocycles. The molecule has 1 heterocycles. The van der Waals surface area contributed by atoms with Crippen molar-refractivity contribution in [2.45, 2.75) is 17.4 Å². The summed E-state index contributed by atoms with van der Waals surface area (Å²) in [6.07, 6.45) is 2.55. The smallest absolute Gasteiger partial charge is 0.274 e. The number of nitrogens with zero attached hydrogens (tertiary/aromatic N) is 1.